The Morgan fingerprint density at radius 2 is 2.12 bits per heavy atom. The van der Waals surface area contributed by atoms with Crippen LogP contribution >= 0.6 is 11.3 Å². The molecule has 2 aromatic heterocycles. The maximum absolute atomic E-state index is 12.7. The van der Waals surface area contributed by atoms with Crippen LogP contribution in [-0.2, 0) is 13.0 Å². The molecule has 0 saturated carbocycles. The number of amides is 1. The van der Waals surface area contributed by atoms with E-state index in [-0.39, 0.29) is 11.9 Å². The molecule has 7 heteroatoms. The zero-order valence-electron chi connectivity index (χ0n) is 14.8. The molecule has 0 fully saturated rings. The molecule has 3 heterocycles. The highest BCUT2D eigenvalue weighted by molar-refractivity contribution is 7.15. The van der Waals surface area contributed by atoms with Gasteiger partial charge in [0.25, 0.3) is 5.91 Å². The van der Waals surface area contributed by atoms with Crippen LogP contribution in [0.5, 0.6) is 0 Å². The SMILES string of the molecule is Cc1nc(-c2ccccc2)sc1C(C)NC(=O)c1n[nH]c2c1CNCC2. The number of nitrogens with zero attached hydrogens (tertiary/aromatic N) is 2. The summed E-state index contributed by atoms with van der Waals surface area (Å²) in [4.78, 5) is 18.5. The summed E-state index contributed by atoms with van der Waals surface area (Å²) in [5.74, 6) is -0.146. The van der Waals surface area contributed by atoms with Gasteiger partial charge in [0, 0.05) is 36.3 Å². The van der Waals surface area contributed by atoms with E-state index in [2.05, 4.69) is 25.8 Å². The molecule has 26 heavy (non-hydrogen) atoms. The van der Waals surface area contributed by atoms with Crippen molar-refractivity contribution in [3.05, 3.63) is 57.9 Å². The second-order valence-electron chi connectivity index (χ2n) is 6.49. The van der Waals surface area contributed by atoms with Gasteiger partial charge in [0.1, 0.15) is 5.01 Å². The van der Waals surface area contributed by atoms with Crippen LogP contribution in [-0.4, -0.2) is 27.6 Å². The Kier molecular flexibility index (Phi) is 4.57. The van der Waals surface area contributed by atoms with E-state index in [1.165, 1.54) is 0 Å². The Balaban J connectivity index is 1.53. The Bertz CT molecular complexity index is 931. The number of nitrogens with one attached hydrogen (secondary N) is 3. The summed E-state index contributed by atoms with van der Waals surface area (Å²) in [5.41, 5.74) is 4.57. The number of hydrogen-bond donors (Lipinski definition) is 3. The fourth-order valence-electron chi connectivity index (χ4n) is 3.26. The van der Waals surface area contributed by atoms with E-state index in [0.29, 0.717) is 12.2 Å². The van der Waals surface area contributed by atoms with Crippen LogP contribution in [0.4, 0.5) is 0 Å². The van der Waals surface area contributed by atoms with Gasteiger partial charge in [-0.05, 0) is 13.8 Å². The Labute approximate surface area is 156 Å². The summed E-state index contributed by atoms with van der Waals surface area (Å²) in [7, 11) is 0. The predicted octanol–water partition coefficient (Wildman–Crippen LogP) is 2.98. The number of aryl methyl sites for hydroxylation is 1. The summed E-state index contributed by atoms with van der Waals surface area (Å²) < 4.78 is 0. The number of hydrogen-bond acceptors (Lipinski definition) is 5. The van der Waals surface area contributed by atoms with Gasteiger partial charge >= 0.3 is 0 Å². The lowest BCUT2D eigenvalue weighted by Gasteiger charge is -2.15. The molecule has 0 aliphatic carbocycles. The van der Waals surface area contributed by atoms with Gasteiger partial charge in [-0.3, -0.25) is 9.89 Å². The fraction of sp³-hybridized carbons (Fsp3) is 0.316. The highest BCUT2D eigenvalue weighted by Gasteiger charge is 2.24. The molecule has 1 aromatic carbocycles. The Hall–Kier alpha value is -2.51. The van der Waals surface area contributed by atoms with Crippen LogP contribution in [0.2, 0.25) is 0 Å². The van der Waals surface area contributed by atoms with E-state index < -0.39 is 0 Å². The monoisotopic (exact) mass is 367 g/mol. The molecule has 1 unspecified atom stereocenters. The lowest BCUT2D eigenvalue weighted by atomic mass is 10.1. The smallest absolute Gasteiger partial charge is 0.272 e. The first-order valence-electron chi connectivity index (χ1n) is 8.74. The van der Waals surface area contributed by atoms with Gasteiger partial charge in [-0.1, -0.05) is 30.3 Å². The number of rotatable bonds is 4. The molecule has 0 saturated heterocycles. The van der Waals surface area contributed by atoms with E-state index >= 15 is 0 Å². The van der Waals surface area contributed by atoms with Crippen molar-refractivity contribution in [2.75, 3.05) is 6.54 Å². The second kappa shape index (κ2) is 7.01. The van der Waals surface area contributed by atoms with Gasteiger partial charge in [0.15, 0.2) is 5.69 Å². The number of carbonyl (C=O) groups is 1. The average Bonchev–Trinajstić information content (AvgIpc) is 3.26. The number of benzene rings is 1. The fourth-order valence-corrected chi connectivity index (χ4v) is 4.33. The summed E-state index contributed by atoms with van der Waals surface area (Å²) in [5, 5.41) is 14.6. The van der Waals surface area contributed by atoms with Crippen molar-refractivity contribution in [1.82, 2.24) is 25.8 Å². The summed E-state index contributed by atoms with van der Waals surface area (Å²) in [6, 6.07) is 9.98. The van der Waals surface area contributed by atoms with E-state index in [9.17, 15) is 4.79 Å². The third-order valence-electron chi connectivity index (χ3n) is 4.62. The molecule has 1 aliphatic heterocycles. The van der Waals surface area contributed by atoms with Crippen molar-refractivity contribution in [2.45, 2.75) is 32.9 Å². The van der Waals surface area contributed by atoms with Crippen LogP contribution in [0.25, 0.3) is 10.6 Å². The van der Waals surface area contributed by atoms with Crippen molar-refractivity contribution < 1.29 is 4.79 Å². The number of H-pyrrole nitrogens is 1. The van der Waals surface area contributed by atoms with Gasteiger partial charge in [-0.25, -0.2) is 4.98 Å². The van der Waals surface area contributed by atoms with Gasteiger partial charge in [-0.15, -0.1) is 11.3 Å². The molecule has 6 nitrogen and oxygen atoms in total. The molecule has 1 amide bonds. The van der Waals surface area contributed by atoms with E-state index in [0.717, 1.165) is 45.4 Å². The van der Waals surface area contributed by atoms with E-state index in [4.69, 9.17) is 0 Å². The lowest BCUT2D eigenvalue weighted by Crippen LogP contribution is -2.30. The molecule has 0 spiro atoms. The number of aromatic nitrogens is 3. The van der Waals surface area contributed by atoms with Crippen molar-refractivity contribution in [3.63, 3.8) is 0 Å². The first-order valence-corrected chi connectivity index (χ1v) is 9.55. The highest BCUT2D eigenvalue weighted by atomic mass is 32.1. The molecule has 3 N–H and O–H groups in total. The molecule has 4 rings (SSSR count). The second-order valence-corrected chi connectivity index (χ2v) is 7.52. The largest absolute Gasteiger partial charge is 0.343 e. The van der Waals surface area contributed by atoms with Crippen LogP contribution in [0.1, 0.15) is 45.3 Å². The quantitative estimate of drug-likeness (QED) is 0.662. The van der Waals surface area contributed by atoms with Crippen LogP contribution < -0.4 is 10.6 Å². The number of aromatic amines is 1. The molecule has 0 bridgehead atoms. The maximum atomic E-state index is 12.7. The van der Waals surface area contributed by atoms with Gasteiger partial charge < -0.3 is 10.6 Å². The minimum absolute atomic E-state index is 0.124. The zero-order chi connectivity index (χ0) is 18.1. The van der Waals surface area contributed by atoms with Crippen molar-refractivity contribution in [2.24, 2.45) is 0 Å². The first-order chi connectivity index (χ1) is 12.6. The van der Waals surface area contributed by atoms with Crippen molar-refractivity contribution in [1.29, 1.82) is 0 Å². The van der Waals surface area contributed by atoms with Crippen LogP contribution in [0.3, 0.4) is 0 Å². The summed E-state index contributed by atoms with van der Waals surface area (Å²) in [6.07, 6.45) is 0.875. The topological polar surface area (TPSA) is 82.7 Å². The highest BCUT2D eigenvalue weighted by Crippen LogP contribution is 2.31. The number of fused-ring (bicyclic) bond motifs is 1. The van der Waals surface area contributed by atoms with E-state index in [1.54, 1.807) is 11.3 Å². The minimum Gasteiger partial charge on any atom is -0.343 e. The third-order valence-corrected chi connectivity index (χ3v) is 6.00. The minimum atomic E-state index is -0.146. The first kappa shape index (κ1) is 16.9. The average molecular weight is 367 g/mol. The third kappa shape index (κ3) is 3.15. The maximum Gasteiger partial charge on any atom is 0.272 e. The predicted molar refractivity (Wildman–Crippen MR) is 102 cm³/mol. The molecular formula is C19H21N5OS. The van der Waals surface area contributed by atoms with Crippen LogP contribution in [0.15, 0.2) is 30.3 Å². The van der Waals surface area contributed by atoms with Gasteiger partial charge in [0.2, 0.25) is 0 Å². The Morgan fingerprint density at radius 1 is 1.31 bits per heavy atom. The van der Waals surface area contributed by atoms with E-state index in [1.807, 2.05) is 44.2 Å². The lowest BCUT2D eigenvalue weighted by molar-refractivity contribution is 0.0934. The van der Waals surface area contributed by atoms with Crippen LogP contribution in [0, 0.1) is 6.92 Å². The van der Waals surface area contributed by atoms with Crippen molar-refractivity contribution >= 4 is 17.2 Å². The van der Waals surface area contributed by atoms with Gasteiger partial charge in [-0.2, -0.15) is 5.10 Å². The molecule has 1 atom stereocenters. The zero-order valence-corrected chi connectivity index (χ0v) is 15.6. The number of carbonyl (C=O) groups excluding carboxylic acids is 1. The van der Waals surface area contributed by atoms with Gasteiger partial charge in [0.05, 0.1) is 16.6 Å². The molecule has 1 aliphatic rings. The van der Waals surface area contributed by atoms with Crippen molar-refractivity contribution in [3.8, 4) is 10.6 Å². The normalized spacial score (nSPS) is 14.7. The molecule has 0 radical (unpaired) electrons. The molecule has 134 valence electrons. The standard InChI is InChI=1S/C19H21N5OS/c1-11(17-12(2)22-19(26-17)13-6-4-3-5-7-13)21-18(25)16-14-10-20-9-8-15(14)23-24-16/h3-7,11,20H,8-10H2,1-2H3,(H,21,25)(H,23,24). The Morgan fingerprint density at radius 3 is 2.92 bits per heavy atom. The molecular weight excluding hydrogens is 346 g/mol. The number of thiazole rings is 1. The summed E-state index contributed by atoms with van der Waals surface area (Å²) in [6.45, 7) is 5.57. The molecule has 3 aromatic rings. The summed E-state index contributed by atoms with van der Waals surface area (Å²) >= 11 is 1.62.